The largest absolute Gasteiger partial charge is 0.263 e. The number of fused-ring (bicyclic) bond motifs is 7. The maximum atomic E-state index is 5.20. The van der Waals surface area contributed by atoms with Crippen LogP contribution in [0.4, 0.5) is 0 Å². The highest BCUT2D eigenvalue weighted by Gasteiger charge is 2.14. The fourth-order valence-corrected chi connectivity index (χ4v) is 7.59. The number of benzene rings is 8. The molecule has 0 aliphatic rings. The van der Waals surface area contributed by atoms with Crippen LogP contribution in [0.2, 0.25) is 0 Å². The van der Waals surface area contributed by atoms with E-state index >= 15 is 0 Å². The van der Waals surface area contributed by atoms with E-state index in [1.807, 2.05) is 42.7 Å². The summed E-state index contributed by atoms with van der Waals surface area (Å²) in [6, 6.07) is 62.5. The normalized spacial score (nSPS) is 11.5. The van der Waals surface area contributed by atoms with Crippen molar-refractivity contribution in [2.75, 3.05) is 0 Å². The topological polar surface area (TPSA) is 38.7 Å². The molecule has 3 heteroatoms. The van der Waals surface area contributed by atoms with Crippen LogP contribution in [0.3, 0.4) is 0 Å². The molecule has 0 saturated carbocycles. The first-order chi connectivity index (χ1) is 25.8. The number of para-hydroxylation sites is 1. The van der Waals surface area contributed by atoms with E-state index in [1.54, 1.807) is 0 Å². The molecule has 0 aliphatic heterocycles. The Morgan fingerprint density at radius 1 is 0.269 bits per heavy atom. The Hall–Kier alpha value is -6.97. The lowest BCUT2D eigenvalue weighted by atomic mass is 9.91. The zero-order valence-corrected chi connectivity index (χ0v) is 28.2. The van der Waals surface area contributed by atoms with Gasteiger partial charge in [0, 0.05) is 34.5 Å². The van der Waals surface area contributed by atoms with E-state index in [2.05, 4.69) is 151 Å². The van der Waals surface area contributed by atoms with Crippen molar-refractivity contribution in [1.82, 2.24) is 15.0 Å². The smallest absolute Gasteiger partial charge is 0.160 e. The van der Waals surface area contributed by atoms with Gasteiger partial charge >= 0.3 is 0 Å². The molecule has 0 saturated heterocycles. The zero-order chi connectivity index (χ0) is 34.4. The van der Waals surface area contributed by atoms with Crippen molar-refractivity contribution in [3.05, 3.63) is 188 Å². The fraction of sp³-hybridized carbons (Fsp3) is 0. The summed E-state index contributed by atoms with van der Waals surface area (Å²) in [6.45, 7) is 0. The molecule has 0 fully saturated rings. The van der Waals surface area contributed by atoms with Crippen LogP contribution >= 0.6 is 0 Å². The van der Waals surface area contributed by atoms with Crippen molar-refractivity contribution in [2.24, 2.45) is 0 Å². The minimum atomic E-state index is 0.686. The molecule has 2 aromatic heterocycles. The Balaban J connectivity index is 1.06. The van der Waals surface area contributed by atoms with Gasteiger partial charge in [-0.1, -0.05) is 146 Å². The maximum absolute atomic E-state index is 5.20. The summed E-state index contributed by atoms with van der Waals surface area (Å²) in [7, 11) is 0. The number of hydrogen-bond donors (Lipinski definition) is 0. The van der Waals surface area contributed by atoms with Gasteiger partial charge in [0.05, 0.1) is 11.2 Å². The average molecular weight is 662 g/mol. The molecule has 0 unspecified atom stereocenters. The summed E-state index contributed by atoms with van der Waals surface area (Å²) in [6.07, 6.45) is 3.80. The van der Waals surface area contributed by atoms with Gasteiger partial charge in [0.1, 0.15) is 0 Å². The average Bonchev–Trinajstić information content (AvgIpc) is 3.23. The lowest BCUT2D eigenvalue weighted by Gasteiger charge is -2.13. The molecule has 0 bridgehead atoms. The zero-order valence-electron chi connectivity index (χ0n) is 28.2. The number of hydrogen-bond acceptors (Lipinski definition) is 3. The second-order valence-corrected chi connectivity index (χ2v) is 13.3. The Labute approximate surface area is 301 Å². The van der Waals surface area contributed by atoms with Crippen LogP contribution in [0.1, 0.15) is 0 Å². The minimum absolute atomic E-state index is 0.686. The van der Waals surface area contributed by atoms with Crippen molar-refractivity contribution in [3.8, 4) is 56.0 Å². The molecule has 0 N–H and O–H groups in total. The highest BCUT2D eigenvalue weighted by molar-refractivity contribution is 6.25. The first-order valence-electron chi connectivity index (χ1n) is 17.6. The van der Waals surface area contributed by atoms with Crippen molar-refractivity contribution in [3.63, 3.8) is 0 Å². The molecule has 10 rings (SSSR count). The summed E-state index contributed by atoms with van der Waals surface area (Å²) < 4.78 is 0. The van der Waals surface area contributed by atoms with Crippen LogP contribution in [0.15, 0.2) is 188 Å². The predicted molar refractivity (Wildman–Crippen MR) is 217 cm³/mol. The SMILES string of the molecule is c1ccc(-c2cncc(-c3nc(-c4cccc(-c5cccc(-c6ccc7c8ccccc8c8ccccc8c7c6)c5)c4)nc4ccccc34)c2)cc1. The molecule has 52 heavy (non-hydrogen) atoms. The van der Waals surface area contributed by atoms with E-state index in [0.717, 1.165) is 50.0 Å². The summed E-state index contributed by atoms with van der Waals surface area (Å²) in [5, 5.41) is 8.69. The van der Waals surface area contributed by atoms with Crippen LogP contribution < -0.4 is 0 Å². The van der Waals surface area contributed by atoms with E-state index in [1.165, 1.54) is 43.4 Å². The Morgan fingerprint density at radius 3 is 1.44 bits per heavy atom. The third-order valence-corrected chi connectivity index (χ3v) is 10.1. The van der Waals surface area contributed by atoms with Gasteiger partial charge in [-0.15, -0.1) is 0 Å². The van der Waals surface area contributed by atoms with Gasteiger partial charge in [0.25, 0.3) is 0 Å². The van der Waals surface area contributed by atoms with Crippen LogP contribution in [-0.2, 0) is 0 Å². The second-order valence-electron chi connectivity index (χ2n) is 13.3. The quantitative estimate of drug-likeness (QED) is 0.172. The molecule has 8 aromatic carbocycles. The standard InChI is InChI=1S/C49H31N3/c1-2-12-32(13-3-1)38-28-39(31-50-30-38)48-45-22-8-9-23-47(45)51-49(52-48)37-17-11-16-35(27-37)33-14-10-15-34(26-33)36-24-25-44-42-20-5-4-18-40(42)41-19-6-7-21-43(41)46(44)29-36/h1-31H. The van der Waals surface area contributed by atoms with Crippen molar-refractivity contribution in [2.45, 2.75) is 0 Å². The first kappa shape index (κ1) is 29.9. The molecule has 3 nitrogen and oxygen atoms in total. The summed E-state index contributed by atoms with van der Waals surface area (Å²) >= 11 is 0. The molecular formula is C49H31N3. The number of aromatic nitrogens is 3. The van der Waals surface area contributed by atoms with Crippen molar-refractivity contribution >= 4 is 43.2 Å². The summed E-state index contributed by atoms with van der Waals surface area (Å²) in [5.41, 5.74) is 10.5. The van der Waals surface area contributed by atoms with Gasteiger partial charge in [-0.05, 0) is 90.5 Å². The van der Waals surface area contributed by atoms with Gasteiger partial charge in [0.15, 0.2) is 5.82 Å². The minimum Gasteiger partial charge on any atom is -0.263 e. The van der Waals surface area contributed by atoms with Crippen molar-refractivity contribution in [1.29, 1.82) is 0 Å². The highest BCUT2D eigenvalue weighted by Crippen LogP contribution is 2.38. The first-order valence-corrected chi connectivity index (χ1v) is 17.6. The number of pyridine rings is 1. The van der Waals surface area contributed by atoms with E-state index in [9.17, 15) is 0 Å². The molecule has 0 radical (unpaired) electrons. The van der Waals surface area contributed by atoms with E-state index in [4.69, 9.17) is 9.97 Å². The van der Waals surface area contributed by atoms with Crippen LogP contribution in [0, 0.1) is 0 Å². The molecule has 0 aliphatic carbocycles. The highest BCUT2D eigenvalue weighted by atomic mass is 14.9. The molecule has 0 atom stereocenters. The van der Waals surface area contributed by atoms with Gasteiger partial charge in [0.2, 0.25) is 0 Å². The molecule has 10 aromatic rings. The van der Waals surface area contributed by atoms with E-state index in [-0.39, 0.29) is 0 Å². The van der Waals surface area contributed by atoms with Crippen LogP contribution in [-0.4, -0.2) is 15.0 Å². The molecule has 0 spiro atoms. The van der Waals surface area contributed by atoms with Gasteiger partial charge in [-0.2, -0.15) is 0 Å². The van der Waals surface area contributed by atoms with Crippen LogP contribution in [0.5, 0.6) is 0 Å². The number of rotatable bonds is 5. The Bertz CT molecular complexity index is 2930. The third kappa shape index (κ3) is 5.19. The van der Waals surface area contributed by atoms with Gasteiger partial charge < -0.3 is 0 Å². The second kappa shape index (κ2) is 12.4. The Kier molecular flexibility index (Phi) is 7.14. The fourth-order valence-electron chi connectivity index (χ4n) is 7.59. The van der Waals surface area contributed by atoms with Crippen LogP contribution in [0.25, 0.3) is 99.2 Å². The van der Waals surface area contributed by atoms with Crippen molar-refractivity contribution < 1.29 is 0 Å². The van der Waals surface area contributed by atoms with E-state index in [0.29, 0.717) is 5.82 Å². The Morgan fingerprint density at radius 2 is 0.750 bits per heavy atom. The van der Waals surface area contributed by atoms with Gasteiger partial charge in [-0.3, -0.25) is 4.98 Å². The number of nitrogens with zero attached hydrogens (tertiary/aromatic N) is 3. The molecular weight excluding hydrogens is 631 g/mol. The van der Waals surface area contributed by atoms with Gasteiger partial charge in [-0.25, -0.2) is 9.97 Å². The predicted octanol–water partition coefficient (Wildman–Crippen LogP) is 12.8. The summed E-state index contributed by atoms with van der Waals surface area (Å²) in [5.74, 6) is 0.686. The van der Waals surface area contributed by atoms with E-state index < -0.39 is 0 Å². The lowest BCUT2D eigenvalue weighted by Crippen LogP contribution is -1.96. The maximum Gasteiger partial charge on any atom is 0.160 e. The summed E-state index contributed by atoms with van der Waals surface area (Å²) in [4.78, 5) is 14.9. The monoisotopic (exact) mass is 661 g/mol. The molecule has 2 heterocycles. The molecule has 0 amide bonds. The third-order valence-electron chi connectivity index (χ3n) is 10.1. The lowest BCUT2D eigenvalue weighted by molar-refractivity contribution is 1.22. The molecule has 242 valence electrons.